The van der Waals surface area contributed by atoms with Crippen LogP contribution >= 0.6 is 0 Å². The number of amides is 1. The second-order valence-electron chi connectivity index (χ2n) is 3.17. The third kappa shape index (κ3) is 3.99. The summed E-state index contributed by atoms with van der Waals surface area (Å²) in [6, 6.07) is 6.68. The molecule has 0 unspecified atom stereocenters. The first-order chi connectivity index (χ1) is 7.24. The van der Waals surface area contributed by atoms with Crippen molar-refractivity contribution in [3.63, 3.8) is 0 Å². The zero-order chi connectivity index (χ0) is 11.1. The molecule has 0 radical (unpaired) electrons. The van der Waals surface area contributed by atoms with Crippen LogP contribution < -0.4 is 10.6 Å². The van der Waals surface area contributed by atoms with Gasteiger partial charge in [0, 0.05) is 13.0 Å². The Morgan fingerprint density at radius 1 is 1.40 bits per heavy atom. The van der Waals surface area contributed by atoms with E-state index in [1.807, 2.05) is 6.92 Å². The fourth-order valence-corrected chi connectivity index (χ4v) is 1.17. The molecular weight excluding hydrogens is 192 g/mol. The molecule has 0 fully saturated rings. The lowest BCUT2D eigenvalue weighted by Gasteiger charge is -2.06. The van der Waals surface area contributed by atoms with Crippen LogP contribution in [0, 0.1) is 0 Å². The van der Waals surface area contributed by atoms with Crippen LogP contribution in [0.25, 0.3) is 0 Å². The van der Waals surface area contributed by atoms with E-state index in [2.05, 4.69) is 10.6 Å². The van der Waals surface area contributed by atoms with Gasteiger partial charge in [-0.3, -0.25) is 4.79 Å². The zero-order valence-corrected chi connectivity index (χ0v) is 8.79. The Bertz CT molecular complexity index is 326. The summed E-state index contributed by atoms with van der Waals surface area (Å²) in [5.41, 5.74) is 0.457. The van der Waals surface area contributed by atoms with Crippen LogP contribution in [0.2, 0.25) is 0 Å². The summed E-state index contributed by atoms with van der Waals surface area (Å²) in [5.74, 6) is -0.00764. The summed E-state index contributed by atoms with van der Waals surface area (Å²) < 4.78 is 0. The van der Waals surface area contributed by atoms with Gasteiger partial charge < -0.3 is 15.7 Å². The Labute approximate surface area is 89.3 Å². The maximum atomic E-state index is 11.4. The Hall–Kier alpha value is -1.55. The van der Waals surface area contributed by atoms with Crippen LogP contribution in [0.4, 0.5) is 5.69 Å². The molecule has 0 heterocycles. The van der Waals surface area contributed by atoms with Gasteiger partial charge in [0.2, 0.25) is 5.91 Å². The van der Waals surface area contributed by atoms with Gasteiger partial charge in [0.05, 0.1) is 5.69 Å². The zero-order valence-electron chi connectivity index (χ0n) is 8.79. The van der Waals surface area contributed by atoms with Crippen molar-refractivity contribution in [3.8, 4) is 5.75 Å². The number of hydrogen-bond acceptors (Lipinski definition) is 3. The first-order valence-electron chi connectivity index (χ1n) is 5.02. The maximum Gasteiger partial charge on any atom is 0.225 e. The Balaban J connectivity index is 2.41. The lowest BCUT2D eigenvalue weighted by molar-refractivity contribution is -0.116. The predicted molar refractivity (Wildman–Crippen MR) is 59.9 cm³/mol. The standard InChI is InChI=1S/C11H16N2O2/c1-2-12-8-7-11(15)13-9-5-3-4-6-10(9)14/h3-6,12,14H,2,7-8H2,1H3,(H,13,15). The molecule has 0 aromatic heterocycles. The van der Waals surface area contributed by atoms with E-state index in [0.717, 1.165) is 6.54 Å². The molecule has 4 nitrogen and oxygen atoms in total. The molecule has 1 aromatic carbocycles. The van der Waals surface area contributed by atoms with Crippen LogP contribution in [0.3, 0.4) is 0 Å². The van der Waals surface area contributed by atoms with Crippen molar-refractivity contribution in [1.82, 2.24) is 5.32 Å². The minimum atomic E-state index is -0.0996. The Kier molecular flexibility index (Phi) is 4.63. The third-order valence-corrected chi connectivity index (χ3v) is 1.96. The van der Waals surface area contributed by atoms with E-state index in [-0.39, 0.29) is 11.7 Å². The SMILES string of the molecule is CCNCCC(=O)Nc1ccccc1O. The lowest BCUT2D eigenvalue weighted by Crippen LogP contribution is -2.21. The molecule has 1 rings (SSSR count). The van der Waals surface area contributed by atoms with Crippen molar-refractivity contribution in [2.24, 2.45) is 0 Å². The molecule has 0 aliphatic rings. The van der Waals surface area contributed by atoms with E-state index in [4.69, 9.17) is 0 Å². The minimum Gasteiger partial charge on any atom is -0.506 e. The highest BCUT2D eigenvalue weighted by Crippen LogP contribution is 2.21. The molecule has 82 valence electrons. The fraction of sp³-hybridized carbons (Fsp3) is 0.364. The van der Waals surface area contributed by atoms with E-state index < -0.39 is 0 Å². The van der Waals surface area contributed by atoms with Crippen molar-refractivity contribution in [2.45, 2.75) is 13.3 Å². The second-order valence-corrected chi connectivity index (χ2v) is 3.17. The summed E-state index contributed by atoms with van der Waals surface area (Å²) >= 11 is 0. The van der Waals surface area contributed by atoms with Gasteiger partial charge in [-0.15, -0.1) is 0 Å². The summed E-state index contributed by atoms with van der Waals surface area (Å²) in [6.07, 6.45) is 0.405. The molecule has 0 aliphatic carbocycles. The number of nitrogens with one attached hydrogen (secondary N) is 2. The van der Waals surface area contributed by atoms with Crippen molar-refractivity contribution in [3.05, 3.63) is 24.3 Å². The largest absolute Gasteiger partial charge is 0.506 e. The van der Waals surface area contributed by atoms with Gasteiger partial charge in [0.15, 0.2) is 0 Å². The average molecular weight is 208 g/mol. The number of phenolic OH excluding ortho intramolecular Hbond substituents is 1. The van der Waals surface area contributed by atoms with Gasteiger partial charge in [-0.1, -0.05) is 19.1 Å². The quantitative estimate of drug-likeness (QED) is 0.505. The smallest absolute Gasteiger partial charge is 0.225 e. The highest BCUT2D eigenvalue weighted by molar-refractivity contribution is 5.92. The minimum absolute atomic E-state index is 0.0919. The Morgan fingerprint density at radius 2 is 2.13 bits per heavy atom. The number of phenols is 1. The normalized spacial score (nSPS) is 9.93. The molecule has 1 aromatic rings. The number of rotatable bonds is 5. The van der Waals surface area contributed by atoms with Crippen LogP contribution in [0.1, 0.15) is 13.3 Å². The first kappa shape index (κ1) is 11.5. The number of benzene rings is 1. The predicted octanol–water partition coefficient (Wildman–Crippen LogP) is 1.33. The molecule has 0 saturated heterocycles. The van der Waals surface area contributed by atoms with E-state index in [1.54, 1.807) is 24.3 Å². The lowest BCUT2D eigenvalue weighted by atomic mass is 10.3. The van der Waals surface area contributed by atoms with Gasteiger partial charge in [0.1, 0.15) is 5.75 Å². The highest BCUT2D eigenvalue weighted by Gasteiger charge is 2.04. The monoisotopic (exact) mass is 208 g/mol. The molecule has 4 heteroatoms. The van der Waals surface area contributed by atoms with Crippen LogP contribution in [0.15, 0.2) is 24.3 Å². The molecule has 0 atom stereocenters. The van der Waals surface area contributed by atoms with Crippen LogP contribution in [-0.2, 0) is 4.79 Å². The summed E-state index contributed by atoms with van der Waals surface area (Å²) in [7, 11) is 0. The number of carbonyl (C=O) groups excluding carboxylic acids is 1. The molecule has 0 bridgehead atoms. The third-order valence-electron chi connectivity index (χ3n) is 1.96. The summed E-state index contributed by atoms with van der Waals surface area (Å²) in [5, 5.41) is 15.1. The number of carbonyl (C=O) groups is 1. The fourth-order valence-electron chi connectivity index (χ4n) is 1.17. The molecular formula is C11H16N2O2. The van der Waals surface area contributed by atoms with Crippen LogP contribution in [-0.4, -0.2) is 24.1 Å². The molecule has 0 spiro atoms. The van der Waals surface area contributed by atoms with Gasteiger partial charge in [-0.2, -0.15) is 0 Å². The van der Waals surface area contributed by atoms with E-state index in [9.17, 15) is 9.90 Å². The maximum absolute atomic E-state index is 11.4. The van der Waals surface area contributed by atoms with Crippen molar-refractivity contribution < 1.29 is 9.90 Å². The molecule has 3 N–H and O–H groups in total. The Morgan fingerprint density at radius 3 is 2.80 bits per heavy atom. The number of para-hydroxylation sites is 2. The topological polar surface area (TPSA) is 61.4 Å². The number of hydrogen-bond donors (Lipinski definition) is 3. The second kappa shape index (κ2) is 6.03. The first-order valence-corrected chi connectivity index (χ1v) is 5.02. The van der Waals surface area contributed by atoms with Crippen molar-refractivity contribution in [1.29, 1.82) is 0 Å². The molecule has 15 heavy (non-hydrogen) atoms. The van der Waals surface area contributed by atoms with Crippen molar-refractivity contribution in [2.75, 3.05) is 18.4 Å². The average Bonchev–Trinajstić information content (AvgIpc) is 2.22. The van der Waals surface area contributed by atoms with Gasteiger partial charge >= 0.3 is 0 Å². The summed E-state index contributed by atoms with van der Waals surface area (Å²) in [6.45, 7) is 3.49. The molecule has 0 aliphatic heterocycles. The van der Waals surface area contributed by atoms with E-state index >= 15 is 0 Å². The number of anilines is 1. The van der Waals surface area contributed by atoms with E-state index in [0.29, 0.717) is 18.7 Å². The number of aromatic hydroxyl groups is 1. The van der Waals surface area contributed by atoms with Crippen molar-refractivity contribution >= 4 is 11.6 Å². The highest BCUT2D eigenvalue weighted by atomic mass is 16.3. The van der Waals surface area contributed by atoms with Crippen LogP contribution in [0.5, 0.6) is 5.75 Å². The summed E-state index contributed by atoms with van der Waals surface area (Å²) in [4.78, 5) is 11.4. The van der Waals surface area contributed by atoms with Gasteiger partial charge in [0.25, 0.3) is 0 Å². The van der Waals surface area contributed by atoms with E-state index in [1.165, 1.54) is 0 Å². The van der Waals surface area contributed by atoms with Gasteiger partial charge in [-0.25, -0.2) is 0 Å². The molecule has 0 saturated carbocycles. The van der Waals surface area contributed by atoms with Gasteiger partial charge in [-0.05, 0) is 18.7 Å². The molecule has 1 amide bonds.